The molecule has 0 aromatic heterocycles. The molecule has 15 heavy (non-hydrogen) atoms. The molecule has 0 fully saturated rings. The minimum absolute atomic E-state index is 0.387. The van der Waals surface area contributed by atoms with Gasteiger partial charge in [0.1, 0.15) is 0 Å². The Labute approximate surface area is 105 Å². The van der Waals surface area contributed by atoms with Gasteiger partial charge in [-0.2, -0.15) is 0 Å². The first-order valence-corrected chi connectivity index (χ1v) is 6.54. The fourth-order valence-electron chi connectivity index (χ4n) is 1.57. The summed E-state index contributed by atoms with van der Waals surface area (Å²) in [6.07, 6.45) is 2.22. The van der Waals surface area contributed by atoms with Crippen LogP contribution in [0, 0.1) is 0 Å². The van der Waals surface area contributed by atoms with Gasteiger partial charge in [-0.25, -0.2) is 0 Å². The van der Waals surface area contributed by atoms with E-state index in [-0.39, 0.29) is 0 Å². The second kappa shape index (κ2) is 6.51. The summed E-state index contributed by atoms with van der Waals surface area (Å²) in [6.45, 7) is 5.39. The van der Waals surface area contributed by atoms with Crippen LogP contribution in [-0.4, -0.2) is 6.54 Å². The van der Waals surface area contributed by atoms with Crippen LogP contribution in [0.5, 0.6) is 0 Å². The predicted octanol–water partition coefficient (Wildman–Crippen LogP) is 4.55. The van der Waals surface area contributed by atoms with Crippen molar-refractivity contribution in [3.63, 3.8) is 0 Å². The Morgan fingerprint density at radius 1 is 1.40 bits per heavy atom. The summed E-state index contributed by atoms with van der Waals surface area (Å²) in [5, 5.41) is 4.31. The van der Waals surface area contributed by atoms with Gasteiger partial charge in [-0.05, 0) is 43.1 Å². The van der Waals surface area contributed by atoms with Crippen LogP contribution in [0.3, 0.4) is 0 Å². The zero-order chi connectivity index (χ0) is 11.3. The molecule has 0 amide bonds. The van der Waals surface area contributed by atoms with E-state index in [9.17, 15) is 0 Å². The molecule has 1 aromatic carbocycles. The van der Waals surface area contributed by atoms with Crippen molar-refractivity contribution in [3.8, 4) is 0 Å². The second-order valence-electron chi connectivity index (χ2n) is 3.58. The Morgan fingerprint density at radius 3 is 2.73 bits per heavy atom. The third-order valence-electron chi connectivity index (χ3n) is 2.38. The summed E-state index contributed by atoms with van der Waals surface area (Å²) < 4.78 is 1.13. The molecule has 0 spiro atoms. The van der Waals surface area contributed by atoms with E-state index in [1.807, 2.05) is 18.2 Å². The molecule has 1 N–H and O–H groups in total. The number of nitrogens with one attached hydrogen (secondary N) is 1. The van der Waals surface area contributed by atoms with Gasteiger partial charge in [-0.1, -0.05) is 41.4 Å². The Kier molecular flexibility index (Phi) is 5.65. The van der Waals surface area contributed by atoms with Gasteiger partial charge in [0.2, 0.25) is 0 Å². The van der Waals surface area contributed by atoms with E-state index >= 15 is 0 Å². The number of halogens is 2. The standard InChI is InChI=1S/C12H17BrClN/c1-3-7-15-12(4-2)10-8-9(14)5-6-11(10)13/h5-6,8,12,15H,3-4,7H2,1-2H3. The average molecular weight is 291 g/mol. The number of benzene rings is 1. The molecular formula is C12H17BrClN. The van der Waals surface area contributed by atoms with E-state index in [0.717, 1.165) is 28.9 Å². The van der Waals surface area contributed by atoms with Crippen LogP contribution < -0.4 is 5.32 Å². The topological polar surface area (TPSA) is 12.0 Å². The lowest BCUT2D eigenvalue weighted by Gasteiger charge is -2.18. The maximum atomic E-state index is 6.00. The molecule has 0 bridgehead atoms. The van der Waals surface area contributed by atoms with Crippen molar-refractivity contribution in [2.24, 2.45) is 0 Å². The molecule has 84 valence electrons. The number of hydrogen-bond acceptors (Lipinski definition) is 1. The largest absolute Gasteiger partial charge is 0.310 e. The lowest BCUT2D eigenvalue weighted by molar-refractivity contribution is 0.517. The summed E-state index contributed by atoms with van der Waals surface area (Å²) >= 11 is 9.57. The zero-order valence-electron chi connectivity index (χ0n) is 9.19. The summed E-state index contributed by atoms with van der Waals surface area (Å²) in [4.78, 5) is 0. The summed E-state index contributed by atoms with van der Waals surface area (Å²) in [5.74, 6) is 0. The molecule has 0 radical (unpaired) electrons. The maximum absolute atomic E-state index is 6.00. The average Bonchev–Trinajstić information content (AvgIpc) is 2.24. The summed E-state index contributed by atoms with van der Waals surface area (Å²) in [7, 11) is 0. The van der Waals surface area contributed by atoms with E-state index in [1.165, 1.54) is 5.56 Å². The normalized spacial score (nSPS) is 12.8. The first-order chi connectivity index (χ1) is 7.19. The van der Waals surface area contributed by atoms with E-state index in [4.69, 9.17) is 11.6 Å². The van der Waals surface area contributed by atoms with Crippen molar-refractivity contribution < 1.29 is 0 Å². The van der Waals surface area contributed by atoms with Gasteiger partial charge >= 0.3 is 0 Å². The Balaban J connectivity index is 2.85. The molecule has 1 unspecified atom stereocenters. The van der Waals surface area contributed by atoms with Gasteiger partial charge < -0.3 is 5.32 Å². The molecule has 1 nitrogen and oxygen atoms in total. The lowest BCUT2D eigenvalue weighted by atomic mass is 10.0. The van der Waals surface area contributed by atoms with Crippen LogP contribution >= 0.6 is 27.5 Å². The molecule has 0 aliphatic heterocycles. The fraction of sp³-hybridized carbons (Fsp3) is 0.500. The van der Waals surface area contributed by atoms with Crippen molar-refractivity contribution in [2.75, 3.05) is 6.54 Å². The lowest BCUT2D eigenvalue weighted by Crippen LogP contribution is -2.21. The predicted molar refractivity (Wildman–Crippen MR) is 70.5 cm³/mol. The molecule has 1 atom stereocenters. The summed E-state index contributed by atoms with van der Waals surface area (Å²) in [6, 6.07) is 6.33. The highest BCUT2D eigenvalue weighted by Gasteiger charge is 2.11. The van der Waals surface area contributed by atoms with Gasteiger partial charge in [0.25, 0.3) is 0 Å². The monoisotopic (exact) mass is 289 g/mol. The smallest absolute Gasteiger partial charge is 0.0410 e. The molecule has 0 aliphatic carbocycles. The van der Waals surface area contributed by atoms with Gasteiger partial charge in [0.05, 0.1) is 0 Å². The van der Waals surface area contributed by atoms with Crippen molar-refractivity contribution >= 4 is 27.5 Å². The van der Waals surface area contributed by atoms with Crippen LogP contribution in [0.1, 0.15) is 38.3 Å². The molecular weight excluding hydrogens is 273 g/mol. The van der Waals surface area contributed by atoms with E-state index < -0.39 is 0 Å². The quantitative estimate of drug-likeness (QED) is 0.838. The second-order valence-corrected chi connectivity index (χ2v) is 4.87. The number of rotatable bonds is 5. The van der Waals surface area contributed by atoms with Crippen molar-refractivity contribution in [3.05, 3.63) is 33.3 Å². The van der Waals surface area contributed by atoms with Crippen LogP contribution in [0.4, 0.5) is 0 Å². The molecule has 1 rings (SSSR count). The van der Waals surface area contributed by atoms with Crippen molar-refractivity contribution in [1.29, 1.82) is 0 Å². The zero-order valence-corrected chi connectivity index (χ0v) is 11.5. The van der Waals surface area contributed by atoms with Crippen molar-refractivity contribution in [1.82, 2.24) is 5.32 Å². The SMILES string of the molecule is CCCNC(CC)c1cc(Cl)ccc1Br. The molecule has 1 aromatic rings. The minimum Gasteiger partial charge on any atom is -0.310 e. The first kappa shape index (κ1) is 13.0. The molecule has 0 aliphatic rings. The Morgan fingerprint density at radius 2 is 2.13 bits per heavy atom. The van der Waals surface area contributed by atoms with E-state index in [1.54, 1.807) is 0 Å². The molecule has 0 saturated heterocycles. The van der Waals surface area contributed by atoms with Gasteiger partial charge in [-0.15, -0.1) is 0 Å². The van der Waals surface area contributed by atoms with Crippen LogP contribution in [0.2, 0.25) is 5.02 Å². The van der Waals surface area contributed by atoms with Crippen LogP contribution in [0.15, 0.2) is 22.7 Å². The van der Waals surface area contributed by atoms with Gasteiger partial charge in [0, 0.05) is 15.5 Å². The Bertz CT molecular complexity index is 314. The highest BCUT2D eigenvalue weighted by Crippen LogP contribution is 2.28. The van der Waals surface area contributed by atoms with E-state index in [2.05, 4.69) is 35.1 Å². The van der Waals surface area contributed by atoms with Gasteiger partial charge in [-0.3, -0.25) is 0 Å². The van der Waals surface area contributed by atoms with Gasteiger partial charge in [0.15, 0.2) is 0 Å². The first-order valence-electron chi connectivity index (χ1n) is 5.37. The number of hydrogen-bond donors (Lipinski definition) is 1. The van der Waals surface area contributed by atoms with Crippen LogP contribution in [0.25, 0.3) is 0 Å². The third-order valence-corrected chi connectivity index (χ3v) is 3.34. The molecule has 3 heteroatoms. The Hall–Kier alpha value is -0.0500. The van der Waals surface area contributed by atoms with Crippen molar-refractivity contribution in [2.45, 2.75) is 32.7 Å². The fourth-order valence-corrected chi connectivity index (χ4v) is 2.28. The third kappa shape index (κ3) is 3.78. The highest BCUT2D eigenvalue weighted by molar-refractivity contribution is 9.10. The van der Waals surface area contributed by atoms with Crippen LogP contribution in [-0.2, 0) is 0 Å². The maximum Gasteiger partial charge on any atom is 0.0410 e. The summed E-state index contributed by atoms with van der Waals surface area (Å²) in [5.41, 5.74) is 1.25. The van der Waals surface area contributed by atoms with E-state index in [0.29, 0.717) is 6.04 Å². The molecule has 0 heterocycles. The molecule has 0 saturated carbocycles. The minimum atomic E-state index is 0.387. The highest BCUT2D eigenvalue weighted by atomic mass is 79.9.